The van der Waals surface area contributed by atoms with E-state index in [0.29, 0.717) is 11.5 Å². The molecular formula is C19H27N. The quantitative estimate of drug-likeness (QED) is 0.775. The van der Waals surface area contributed by atoms with Crippen LogP contribution in [0.5, 0.6) is 0 Å². The highest BCUT2D eigenvalue weighted by Gasteiger charge is 2.21. The Hall–Kier alpha value is -1.34. The fourth-order valence-corrected chi connectivity index (χ4v) is 2.78. The highest BCUT2D eigenvalue weighted by atomic mass is 14.9. The lowest BCUT2D eigenvalue weighted by atomic mass is 9.84. The van der Waals surface area contributed by atoms with Crippen LogP contribution < -0.4 is 5.32 Å². The van der Waals surface area contributed by atoms with Crippen LogP contribution in [-0.2, 0) is 0 Å². The third-order valence-electron chi connectivity index (χ3n) is 3.66. The van der Waals surface area contributed by atoms with Crippen LogP contribution in [0.1, 0.15) is 52.1 Å². The number of fused-ring (bicyclic) bond motifs is 1. The lowest BCUT2D eigenvalue weighted by Gasteiger charge is -2.28. The van der Waals surface area contributed by atoms with Gasteiger partial charge in [0.05, 0.1) is 0 Å². The second-order valence-corrected chi connectivity index (χ2v) is 6.84. The SMILES string of the molecule is CCCNC(CC(C)(C)C)c1cccc2ccccc12. The molecule has 108 valence electrons. The van der Waals surface area contributed by atoms with E-state index in [0.717, 1.165) is 13.0 Å². The molecule has 0 radical (unpaired) electrons. The van der Waals surface area contributed by atoms with Crippen molar-refractivity contribution in [2.45, 2.75) is 46.6 Å². The molecule has 1 unspecified atom stereocenters. The molecule has 0 aliphatic carbocycles. The van der Waals surface area contributed by atoms with Crippen LogP contribution in [0.3, 0.4) is 0 Å². The zero-order valence-corrected chi connectivity index (χ0v) is 13.2. The van der Waals surface area contributed by atoms with Gasteiger partial charge in [-0.1, -0.05) is 70.2 Å². The Morgan fingerprint density at radius 2 is 1.70 bits per heavy atom. The van der Waals surface area contributed by atoms with Crippen molar-refractivity contribution in [3.63, 3.8) is 0 Å². The van der Waals surface area contributed by atoms with Gasteiger partial charge in [0.1, 0.15) is 0 Å². The monoisotopic (exact) mass is 269 g/mol. The first-order chi connectivity index (χ1) is 9.51. The minimum Gasteiger partial charge on any atom is -0.310 e. The molecule has 0 spiro atoms. The minimum absolute atomic E-state index is 0.322. The Bertz CT molecular complexity index is 546. The Labute approximate surface area is 123 Å². The summed E-state index contributed by atoms with van der Waals surface area (Å²) in [5.74, 6) is 0. The molecular weight excluding hydrogens is 242 g/mol. The summed E-state index contributed by atoms with van der Waals surface area (Å²) in [7, 11) is 0. The van der Waals surface area contributed by atoms with Crippen molar-refractivity contribution in [1.82, 2.24) is 5.32 Å². The van der Waals surface area contributed by atoms with Crippen molar-refractivity contribution >= 4 is 10.8 Å². The van der Waals surface area contributed by atoms with Gasteiger partial charge in [-0.15, -0.1) is 0 Å². The van der Waals surface area contributed by atoms with Crippen LogP contribution in [-0.4, -0.2) is 6.54 Å². The molecule has 0 heterocycles. The van der Waals surface area contributed by atoms with Crippen LogP contribution in [0.2, 0.25) is 0 Å². The highest BCUT2D eigenvalue weighted by molar-refractivity contribution is 5.86. The van der Waals surface area contributed by atoms with Gasteiger partial charge in [0.25, 0.3) is 0 Å². The maximum atomic E-state index is 3.73. The van der Waals surface area contributed by atoms with Gasteiger partial charge in [-0.2, -0.15) is 0 Å². The van der Waals surface area contributed by atoms with Gasteiger partial charge in [0, 0.05) is 6.04 Å². The molecule has 2 aromatic carbocycles. The predicted molar refractivity (Wildman–Crippen MR) is 89.1 cm³/mol. The molecule has 2 rings (SSSR count). The summed E-state index contributed by atoms with van der Waals surface area (Å²) < 4.78 is 0. The smallest absolute Gasteiger partial charge is 0.0331 e. The van der Waals surface area contributed by atoms with Crippen molar-refractivity contribution in [3.05, 3.63) is 48.0 Å². The van der Waals surface area contributed by atoms with Gasteiger partial charge in [0.15, 0.2) is 0 Å². The summed E-state index contributed by atoms with van der Waals surface area (Å²) in [5, 5.41) is 6.45. The average Bonchev–Trinajstić information content (AvgIpc) is 2.41. The zero-order valence-electron chi connectivity index (χ0n) is 13.2. The third-order valence-corrected chi connectivity index (χ3v) is 3.66. The molecule has 2 aromatic rings. The first-order valence-electron chi connectivity index (χ1n) is 7.72. The summed E-state index contributed by atoms with van der Waals surface area (Å²) in [5.41, 5.74) is 1.76. The van der Waals surface area contributed by atoms with E-state index in [1.807, 2.05) is 0 Å². The van der Waals surface area contributed by atoms with Crippen LogP contribution in [0, 0.1) is 5.41 Å². The van der Waals surface area contributed by atoms with E-state index in [1.54, 1.807) is 0 Å². The topological polar surface area (TPSA) is 12.0 Å². The second-order valence-electron chi connectivity index (χ2n) is 6.84. The maximum absolute atomic E-state index is 3.73. The number of nitrogens with one attached hydrogen (secondary N) is 1. The van der Waals surface area contributed by atoms with Crippen LogP contribution in [0.25, 0.3) is 10.8 Å². The molecule has 0 fully saturated rings. The number of benzene rings is 2. The Kier molecular flexibility index (Phi) is 4.82. The Balaban J connectivity index is 2.39. The van der Waals surface area contributed by atoms with Crippen LogP contribution in [0.15, 0.2) is 42.5 Å². The van der Waals surface area contributed by atoms with E-state index in [9.17, 15) is 0 Å². The molecule has 0 bridgehead atoms. The molecule has 1 atom stereocenters. The molecule has 0 amide bonds. The van der Waals surface area contributed by atoms with Gasteiger partial charge in [-0.25, -0.2) is 0 Å². The van der Waals surface area contributed by atoms with Gasteiger partial charge < -0.3 is 5.32 Å². The number of rotatable bonds is 5. The van der Waals surface area contributed by atoms with Crippen LogP contribution in [0.4, 0.5) is 0 Å². The molecule has 1 heteroatoms. The summed E-state index contributed by atoms with van der Waals surface area (Å²) >= 11 is 0. The standard InChI is InChI=1S/C19H27N/c1-5-13-20-18(14-19(2,3)4)17-12-8-10-15-9-6-7-11-16(15)17/h6-12,18,20H,5,13-14H2,1-4H3. The molecule has 0 saturated carbocycles. The Morgan fingerprint density at radius 3 is 2.40 bits per heavy atom. The van der Waals surface area contributed by atoms with Crippen LogP contribution >= 0.6 is 0 Å². The predicted octanol–water partition coefficient (Wildman–Crippen LogP) is 5.32. The molecule has 0 aliphatic rings. The molecule has 0 aromatic heterocycles. The fourth-order valence-electron chi connectivity index (χ4n) is 2.78. The van der Waals surface area contributed by atoms with Crippen molar-refractivity contribution in [2.24, 2.45) is 5.41 Å². The number of hydrogen-bond acceptors (Lipinski definition) is 1. The second kappa shape index (κ2) is 6.41. The summed E-state index contributed by atoms with van der Waals surface area (Å²) in [6.45, 7) is 10.3. The summed E-state index contributed by atoms with van der Waals surface area (Å²) in [6, 6.07) is 15.8. The normalized spacial score (nSPS) is 13.6. The van der Waals surface area contributed by atoms with E-state index in [4.69, 9.17) is 0 Å². The first kappa shape index (κ1) is 15.1. The van der Waals surface area contributed by atoms with E-state index in [2.05, 4.69) is 75.5 Å². The van der Waals surface area contributed by atoms with E-state index in [1.165, 1.54) is 22.8 Å². The van der Waals surface area contributed by atoms with E-state index >= 15 is 0 Å². The minimum atomic E-state index is 0.322. The Morgan fingerprint density at radius 1 is 1.00 bits per heavy atom. The molecule has 0 aliphatic heterocycles. The zero-order chi connectivity index (χ0) is 14.6. The maximum Gasteiger partial charge on any atom is 0.0331 e. The summed E-state index contributed by atoms with van der Waals surface area (Å²) in [4.78, 5) is 0. The largest absolute Gasteiger partial charge is 0.310 e. The van der Waals surface area contributed by atoms with Crippen molar-refractivity contribution in [2.75, 3.05) is 6.54 Å². The molecule has 0 saturated heterocycles. The van der Waals surface area contributed by atoms with Gasteiger partial charge in [-0.3, -0.25) is 0 Å². The van der Waals surface area contributed by atoms with Crippen molar-refractivity contribution < 1.29 is 0 Å². The molecule has 1 N–H and O–H groups in total. The van der Waals surface area contributed by atoms with Crippen molar-refractivity contribution in [3.8, 4) is 0 Å². The first-order valence-corrected chi connectivity index (χ1v) is 7.72. The van der Waals surface area contributed by atoms with Crippen molar-refractivity contribution in [1.29, 1.82) is 0 Å². The van der Waals surface area contributed by atoms with Gasteiger partial charge in [-0.05, 0) is 41.1 Å². The lowest BCUT2D eigenvalue weighted by molar-refractivity contribution is 0.312. The fraction of sp³-hybridized carbons (Fsp3) is 0.474. The van der Waals surface area contributed by atoms with Gasteiger partial charge in [0.2, 0.25) is 0 Å². The average molecular weight is 269 g/mol. The van der Waals surface area contributed by atoms with E-state index < -0.39 is 0 Å². The van der Waals surface area contributed by atoms with E-state index in [-0.39, 0.29) is 0 Å². The highest BCUT2D eigenvalue weighted by Crippen LogP contribution is 2.33. The molecule has 1 nitrogen and oxygen atoms in total. The third kappa shape index (κ3) is 3.83. The number of hydrogen-bond donors (Lipinski definition) is 1. The lowest BCUT2D eigenvalue weighted by Crippen LogP contribution is -2.26. The summed E-state index contributed by atoms with van der Waals surface area (Å²) in [6.07, 6.45) is 2.33. The molecule has 20 heavy (non-hydrogen) atoms. The van der Waals surface area contributed by atoms with Gasteiger partial charge >= 0.3 is 0 Å².